The largest absolute Gasteiger partial charge is 0.493 e. The maximum absolute atomic E-state index is 11.4. The first-order chi connectivity index (χ1) is 12.1. The van der Waals surface area contributed by atoms with E-state index in [1.165, 1.54) is 36.2 Å². The summed E-state index contributed by atoms with van der Waals surface area (Å²) in [6.07, 6.45) is 6.31. The molecule has 1 saturated carbocycles. The van der Waals surface area contributed by atoms with Crippen molar-refractivity contribution in [3.05, 3.63) is 52.9 Å². The van der Waals surface area contributed by atoms with Crippen molar-refractivity contribution in [1.29, 1.82) is 0 Å². The van der Waals surface area contributed by atoms with Gasteiger partial charge in [-0.3, -0.25) is 4.99 Å². The van der Waals surface area contributed by atoms with Gasteiger partial charge in [-0.25, -0.2) is 4.79 Å². The zero-order valence-electron chi connectivity index (χ0n) is 14.5. The molecule has 1 aromatic rings. The van der Waals surface area contributed by atoms with Gasteiger partial charge in [-0.1, -0.05) is 12.1 Å². The Hall–Kier alpha value is -2.56. The van der Waals surface area contributed by atoms with Crippen molar-refractivity contribution < 1.29 is 14.6 Å². The highest BCUT2D eigenvalue weighted by atomic mass is 16.5. The molecule has 0 aromatic heterocycles. The first-order valence-electron chi connectivity index (χ1n) is 8.67. The Balaban J connectivity index is 1.72. The van der Waals surface area contributed by atoms with Gasteiger partial charge in [0.05, 0.1) is 12.2 Å². The zero-order valence-corrected chi connectivity index (χ0v) is 14.5. The minimum Gasteiger partial charge on any atom is -0.493 e. The summed E-state index contributed by atoms with van der Waals surface area (Å²) in [5.74, 6) is 1.02. The second kappa shape index (κ2) is 7.55. The van der Waals surface area contributed by atoms with Crippen LogP contribution in [0.5, 0.6) is 5.75 Å². The van der Waals surface area contributed by atoms with E-state index in [4.69, 9.17) is 4.74 Å². The number of rotatable bonds is 7. The SMILES string of the molecule is C=N/C=C\C(C(=O)O)=C(/C)NCC1CCOc2cc(C3CC3)ccc21. The van der Waals surface area contributed by atoms with Gasteiger partial charge in [0.25, 0.3) is 0 Å². The average Bonchev–Trinajstić information content (AvgIpc) is 3.44. The number of nitrogens with zero attached hydrogens (tertiary/aromatic N) is 1. The van der Waals surface area contributed by atoms with Crippen LogP contribution in [-0.4, -0.2) is 30.9 Å². The fourth-order valence-corrected chi connectivity index (χ4v) is 3.22. The first kappa shape index (κ1) is 17.3. The summed E-state index contributed by atoms with van der Waals surface area (Å²) < 4.78 is 5.85. The van der Waals surface area contributed by atoms with Gasteiger partial charge >= 0.3 is 5.97 Å². The van der Waals surface area contributed by atoms with Crippen LogP contribution in [0.1, 0.15) is 49.1 Å². The van der Waals surface area contributed by atoms with Gasteiger partial charge in [0, 0.05) is 24.4 Å². The number of fused-ring (bicyclic) bond motifs is 1. The molecule has 0 spiro atoms. The number of carboxylic acids is 1. The Morgan fingerprint density at radius 3 is 2.92 bits per heavy atom. The lowest BCUT2D eigenvalue weighted by molar-refractivity contribution is -0.132. The minimum absolute atomic E-state index is 0.198. The van der Waals surface area contributed by atoms with Gasteiger partial charge in [-0.05, 0) is 62.1 Å². The fraction of sp³-hybridized carbons (Fsp3) is 0.400. The lowest BCUT2D eigenvalue weighted by Crippen LogP contribution is -2.26. The van der Waals surface area contributed by atoms with Crippen LogP contribution in [0.4, 0.5) is 0 Å². The van der Waals surface area contributed by atoms with Gasteiger partial charge in [-0.2, -0.15) is 0 Å². The number of allylic oxidation sites excluding steroid dienone is 1. The molecule has 2 N–H and O–H groups in total. The molecule has 132 valence electrons. The van der Waals surface area contributed by atoms with Gasteiger partial charge < -0.3 is 15.2 Å². The minimum atomic E-state index is -0.980. The molecule has 0 saturated heterocycles. The number of aliphatic carboxylic acids is 1. The Morgan fingerprint density at radius 1 is 1.44 bits per heavy atom. The summed E-state index contributed by atoms with van der Waals surface area (Å²) in [5.41, 5.74) is 3.40. The second-order valence-corrected chi connectivity index (χ2v) is 6.63. The number of hydrogen-bond acceptors (Lipinski definition) is 4. The molecule has 1 unspecified atom stereocenters. The van der Waals surface area contributed by atoms with E-state index < -0.39 is 5.97 Å². The van der Waals surface area contributed by atoms with Gasteiger partial charge in [0.2, 0.25) is 0 Å². The normalized spacial score (nSPS) is 20.4. The number of hydrogen-bond donors (Lipinski definition) is 2. The summed E-state index contributed by atoms with van der Waals surface area (Å²) in [5, 5.41) is 12.6. The van der Waals surface area contributed by atoms with Crippen LogP contribution in [0.3, 0.4) is 0 Å². The first-order valence-corrected chi connectivity index (χ1v) is 8.67. The number of ether oxygens (including phenoxy) is 1. The van der Waals surface area contributed by atoms with E-state index >= 15 is 0 Å². The summed E-state index contributed by atoms with van der Waals surface area (Å²) >= 11 is 0. The molecule has 5 nitrogen and oxygen atoms in total. The van der Waals surface area contributed by atoms with Crippen molar-refractivity contribution in [2.24, 2.45) is 4.99 Å². The van der Waals surface area contributed by atoms with Gasteiger partial charge in [-0.15, -0.1) is 0 Å². The third-order valence-corrected chi connectivity index (χ3v) is 4.84. The van der Waals surface area contributed by atoms with Crippen LogP contribution >= 0.6 is 0 Å². The highest BCUT2D eigenvalue weighted by Gasteiger charge is 2.27. The molecule has 1 aliphatic carbocycles. The Kier molecular flexibility index (Phi) is 5.22. The molecule has 0 bridgehead atoms. The lowest BCUT2D eigenvalue weighted by atomic mass is 9.91. The van der Waals surface area contributed by atoms with Crippen LogP contribution < -0.4 is 10.1 Å². The molecule has 1 fully saturated rings. The number of carbonyl (C=O) groups is 1. The smallest absolute Gasteiger partial charge is 0.337 e. The number of benzene rings is 1. The molecule has 1 heterocycles. The van der Waals surface area contributed by atoms with Crippen molar-refractivity contribution >= 4 is 12.7 Å². The van der Waals surface area contributed by atoms with Crippen molar-refractivity contribution in [2.75, 3.05) is 13.2 Å². The van der Waals surface area contributed by atoms with E-state index in [9.17, 15) is 9.90 Å². The number of carboxylic acid groups (broad SMARTS) is 1. The van der Waals surface area contributed by atoms with Crippen LogP contribution in [0, 0.1) is 0 Å². The predicted molar refractivity (Wildman–Crippen MR) is 98.3 cm³/mol. The number of aliphatic imine (C=N–C) groups is 1. The molecule has 1 aromatic carbocycles. The quantitative estimate of drug-likeness (QED) is 0.452. The van der Waals surface area contributed by atoms with E-state index in [2.05, 4.69) is 35.2 Å². The van der Waals surface area contributed by atoms with Crippen LogP contribution in [0.15, 0.2) is 46.7 Å². The lowest BCUT2D eigenvalue weighted by Gasteiger charge is -2.27. The molecule has 5 heteroatoms. The summed E-state index contributed by atoms with van der Waals surface area (Å²) in [7, 11) is 0. The van der Waals surface area contributed by atoms with Gasteiger partial charge in [0.1, 0.15) is 5.75 Å². The van der Waals surface area contributed by atoms with Crippen molar-refractivity contribution in [3.8, 4) is 5.75 Å². The molecular weight excluding hydrogens is 316 g/mol. The topological polar surface area (TPSA) is 70.9 Å². The summed E-state index contributed by atoms with van der Waals surface area (Å²) in [6, 6.07) is 6.57. The fourth-order valence-electron chi connectivity index (χ4n) is 3.22. The van der Waals surface area contributed by atoms with Crippen LogP contribution in [0.25, 0.3) is 0 Å². The van der Waals surface area contributed by atoms with Gasteiger partial charge in [0.15, 0.2) is 0 Å². The average molecular weight is 340 g/mol. The second-order valence-electron chi connectivity index (χ2n) is 6.63. The summed E-state index contributed by atoms with van der Waals surface area (Å²) in [6.45, 7) is 6.48. The van der Waals surface area contributed by atoms with E-state index in [1.54, 1.807) is 6.92 Å². The van der Waals surface area contributed by atoms with Crippen molar-refractivity contribution in [3.63, 3.8) is 0 Å². The standard InChI is InChI=1S/C20H24N2O3/c1-13(17(20(23)24)7-9-21-2)22-12-16-8-10-25-19-11-15(14-3-4-14)5-6-18(16)19/h5-7,9,11,14,16,22H,2-4,8,10,12H2,1H3,(H,23,24)/b9-7-,17-13-. The van der Waals surface area contributed by atoms with E-state index in [0.717, 1.165) is 12.2 Å². The Morgan fingerprint density at radius 2 is 2.24 bits per heavy atom. The van der Waals surface area contributed by atoms with E-state index in [-0.39, 0.29) is 5.57 Å². The molecule has 3 rings (SSSR count). The molecule has 25 heavy (non-hydrogen) atoms. The molecule has 1 aliphatic heterocycles. The number of nitrogens with one attached hydrogen (secondary N) is 1. The Labute approximate surface area is 148 Å². The monoisotopic (exact) mass is 340 g/mol. The third kappa shape index (κ3) is 4.10. The van der Waals surface area contributed by atoms with Crippen molar-refractivity contribution in [2.45, 2.75) is 38.0 Å². The highest BCUT2D eigenvalue weighted by Crippen LogP contribution is 2.43. The van der Waals surface area contributed by atoms with Crippen LogP contribution in [0.2, 0.25) is 0 Å². The Bertz CT molecular complexity index is 732. The van der Waals surface area contributed by atoms with E-state index in [0.29, 0.717) is 30.7 Å². The maximum Gasteiger partial charge on any atom is 0.337 e. The van der Waals surface area contributed by atoms with Crippen molar-refractivity contribution in [1.82, 2.24) is 5.32 Å². The maximum atomic E-state index is 11.4. The van der Waals surface area contributed by atoms with E-state index in [1.807, 2.05) is 0 Å². The molecule has 2 aliphatic rings. The third-order valence-electron chi connectivity index (χ3n) is 4.84. The predicted octanol–water partition coefficient (Wildman–Crippen LogP) is 3.59. The molecule has 0 radical (unpaired) electrons. The van der Waals surface area contributed by atoms with Crippen LogP contribution in [-0.2, 0) is 4.79 Å². The zero-order chi connectivity index (χ0) is 17.8. The molecular formula is C20H24N2O3. The molecule has 0 amide bonds. The summed E-state index contributed by atoms with van der Waals surface area (Å²) in [4.78, 5) is 14.9. The molecule has 1 atom stereocenters. The highest BCUT2D eigenvalue weighted by molar-refractivity contribution is 5.90.